The van der Waals surface area contributed by atoms with E-state index in [1.54, 1.807) is 0 Å². The Kier molecular flexibility index (Phi) is 7.75. The lowest BCUT2D eigenvalue weighted by molar-refractivity contribution is 0.0710. The van der Waals surface area contributed by atoms with Crippen molar-refractivity contribution in [3.63, 3.8) is 0 Å². The second-order valence-electron chi connectivity index (χ2n) is 5.55. The summed E-state index contributed by atoms with van der Waals surface area (Å²) in [6.07, 6.45) is 7.03. The first-order chi connectivity index (χ1) is 8.58. The third kappa shape index (κ3) is 7.27. The SMILES string of the molecule is CC(F)F.OC1CCN(CC2CCCCC2)CC1. The molecule has 2 nitrogen and oxygen atoms in total. The van der Waals surface area contributed by atoms with Crippen LogP contribution in [-0.4, -0.2) is 42.2 Å². The van der Waals surface area contributed by atoms with Gasteiger partial charge in [0.2, 0.25) is 6.43 Å². The summed E-state index contributed by atoms with van der Waals surface area (Å²) in [5, 5.41) is 9.41. The van der Waals surface area contributed by atoms with Crippen molar-refractivity contribution in [1.29, 1.82) is 0 Å². The number of hydrogen-bond acceptors (Lipinski definition) is 2. The molecule has 18 heavy (non-hydrogen) atoms. The lowest BCUT2D eigenvalue weighted by Gasteiger charge is -2.33. The summed E-state index contributed by atoms with van der Waals surface area (Å²) in [5.74, 6) is 0.957. The highest BCUT2D eigenvalue weighted by molar-refractivity contribution is 4.75. The second kappa shape index (κ2) is 8.81. The molecule has 1 aliphatic heterocycles. The number of rotatable bonds is 2. The van der Waals surface area contributed by atoms with Gasteiger partial charge in [-0.1, -0.05) is 19.3 Å². The molecule has 0 aromatic carbocycles. The highest BCUT2D eigenvalue weighted by Crippen LogP contribution is 2.25. The van der Waals surface area contributed by atoms with Gasteiger partial charge in [0.1, 0.15) is 0 Å². The zero-order valence-electron chi connectivity index (χ0n) is 11.5. The number of likely N-dealkylation sites (tertiary alicyclic amines) is 1. The maximum atomic E-state index is 10.3. The van der Waals surface area contributed by atoms with Crippen LogP contribution in [0.4, 0.5) is 8.78 Å². The van der Waals surface area contributed by atoms with Crippen molar-refractivity contribution in [2.45, 2.75) is 64.4 Å². The number of piperidine rings is 1. The molecule has 1 aliphatic carbocycles. The molecule has 0 spiro atoms. The van der Waals surface area contributed by atoms with Crippen LogP contribution in [0.5, 0.6) is 0 Å². The van der Waals surface area contributed by atoms with E-state index in [-0.39, 0.29) is 6.10 Å². The second-order valence-corrected chi connectivity index (χ2v) is 5.55. The van der Waals surface area contributed by atoms with E-state index in [1.165, 1.54) is 38.6 Å². The first kappa shape index (κ1) is 15.8. The minimum atomic E-state index is -2.17. The molecule has 108 valence electrons. The monoisotopic (exact) mass is 263 g/mol. The Labute approximate surface area is 109 Å². The molecule has 0 radical (unpaired) electrons. The summed E-state index contributed by atoms with van der Waals surface area (Å²) in [7, 11) is 0. The summed E-state index contributed by atoms with van der Waals surface area (Å²) in [6.45, 7) is 4.38. The predicted molar refractivity (Wildman–Crippen MR) is 69.9 cm³/mol. The Morgan fingerprint density at radius 2 is 1.56 bits per heavy atom. The molecule has 1 N–H and O–H groups in total. The fourth-order valence-corrected chi connectivity index (χ4v) is 2.84. The van der Waals surface area contributed by atoms with Gasteiger partial charge in [-0.3, -0.25) is 0 Å². The summed E-state index contributed by atoms with van der Waals surface area (Å²) in [5.41, 5.74) is 0. The molecular weight excluding hydrogens is 236 g/mol. The minimum Gasteiger partial charge on any atom is -0.393 e. The van der Waals surface area contributed by atoms with Gasteiger partial charge >= 0.3 is 0 Å². The number of aliphatic hydroxyl groups is 1. The van der Waals surface area contributed by atoms with Crippen LogP contribution in [0.3, 0.4) is 0 Å². The molecule has 2 fully saturated rings. The molecule has 0 amide bonds. The van der Waals surface area contributed by atoms with Crippen LogP contribution in [0.1, 0.15) is 51.9 Å². The van der Waals surface area contributed by atoms with E-state index in [4.69, 9.17) is 0 Å². The summed E-state index contributed by atoms with van der Waals surface area (Å²) in [4.78, 5) is 2.56. The van der Waals surface area contributed by atoms with Gasteiger partial charge in [-0.2, -0.15) is 0 Å². The average molecular weight is 263 g/mol. The van der Waals surface area contributed by atoms with Crippen molar-refractivity contribution in [3.8, 4) is 0 Å². The Hall–Kier alpha value is -0.220. The summed E-state index contributed by atoms with van der Waals surface area (Å²) in [6, 6.07) is 0. The third-order valence-corrected chi connectivity index (χ3v) is 3.80. The number of nitrogens with zero attached hydrogens (tertiary/aromatic N) is 1. The van der Waals surface area contributed by atoms with Crippen molar-refractivity contribution < 1.29 is 13.9 Å². The highest BCUT2D eigenvalue weighted by atomic mass is 19.3. The normalized spacial score (nSPS) is 23.8. The van der Waals surface area contributed by atoms with Gasteiger partial charge in [0, 0.05) is 19.6 Å². The predicted octanol–water partition coefficient (Wildman–Crippen LogP) is 3.29. The maximum Gasteiger partial charge on any atom is 0.235 e. The van der Waals surface area contributed by atoms with Gasteiger partial charge in [-0.15, -0.1) is 0 Å². The molecule has 0 aromatic heterocycles. The van der Waals surface area contributed by atoms with Crippen LogP contribution in [0.15, 0.2) is 0 Å². The van der Waals surface area contributed by atoms with Crippen LogP contribution < -0.4 is 0 Å². The first-order valence-electron chi connectivity index (χ1n) is 7.26. The topological polar surface area (TPSA) is 23.5 Å². The standard InChI is InChI=1S/C12H23NO.C2H4F2/c14-12-6-8-13(9-7-12)10-11-4-2-1-3-5-11;1-2(3)4/h11-12,14H,1-10H2;2H,1H3. The van der Waals surface area contributed by atoms with Crippen LogP contribution in [-0.2, 0) is 0 Å². The number of hydrogen-bond donors (Lipinski definition) is 1. The molecule has 4 heteroatoms. The Bertz CT molecular complexity index is 197. The van der Waals surface area contributed by atoms with E-state index in [0.717, 1.165) is 38.8 Å². The van der Waals surface area contributed by atoms with Crippen molar-refractivity contribution in [2.75, 3.05) is 19.6 Å². The Morgan fingerprint density at radius 1 is 1.06 bits per heavy atom. The molecule has 2 rings (SSSR count). The zero-order chi connectivity index (χ0) is 13.4. The molecule has 2 aliphatic rings. The van der Waals surface area contributed by atoms with Crippen LogP contribution >= 0.6 is 0 Å². The molecule has 0 atom stereocenters. The van der Waals surface area contributed by atoms with Gasteiger partial charge in [0.25, 0.3) is 0 Å². The van der Waals surface area contributed by atoms with Crippen LogP contribution in [0.2, 0.25) is 0 Å². The third-order valence-electron chi connectivity index (χ3n) is 3.80. The smallest absolute Gasteiger partial charge is 0.235 e. The largest absolute Gasteiger partial charge is 0.393 e. The molecular formula is C14H27F2NO. The van der Waals surface area contributed by atoms with Crippen LogP contribution in [0.25, 0.3) is 0 Å². The number of aliphatic hydroxyl groups excluding tert-OH is 1. The lowest BCUT2D eigenvalue weighted by Crippen LogP contribution is -2.39. The maximum absolute atomic E-state index is 10.3. The van der Waals surface area contributed by atoms with Gasteiger partial charge in [-0.05, 0) is 38.5 Å². The van der Waals surface area contributed by atoms with Crippen molar-refractivity contribution >= 4 is 0 Å². The van der Waals surface area contributed by atoms with Gasteiger partial charge in [0.15, 0.2) is 0 Å². The minimum absolute atomic E-state index is 0.0161. The number of halogens is 2. The quantitative estimate of drug-likeness (QED) is 0.826. The summed E-state index contributed by atoms with van der Waals surface area (Å²) >= 11 is 0. The average Bonchev–Trinajstić information content (AvgIpc) is 2.33. The van der Waals surface area contributed by atoms with E-state index in [1.807, 2.05) is 0 Å². The van der Waals surface area contributed by atoms with E-state index in [0.29, 0.717) is 0 Å². The van der Waals surface area contributed by atoms with Gasteiger partial charge in [0.05, 0.1) is 6.10 Å². The fourth-order valence-electron chi connectivity index (χ4n) is 2.84. The zero-order valence-corrected chi connectivity index (χ0v) is 11.5. The molecule has 1 saturated carbocycles. The highest BCUT2D eigenvalue weighted by Gasteiger charge is 2.21. The van der Waals surface area contributed by atoms with E-state index >= 15 is 0 Å². The van der Waals surface area contributed by atoms with Crippen molar-refractivity contribution in [3.05, 3.63) is 0 Å². The Balaban J connectivity index is 0.000000357. The molecule has 0 bridgehead atoms. The number of alkyl halides is 2. The molecule has 0 unspecified atom stereocenters. The van der Waals surface area contributed by atoms with Gasteiger partial charge in [-0.25, -0.2) is 8.78 Å². The van der Waals surface area contributed by atoms with E-state index < -0.39 is 6.43 Å². The summed E-state index contributed by atoms with van der Waals surface area (Å²) < 4.78 is 20.7. The van der Waals surface area contributed by atoms with E-state index in [9.17, 15) is 13.9 Å². The molecule has 1 heterocycles. The van der Waals surface area contributed by atoms with Gasteiger partial charge < -0.3 is 10.0 Å². The van der Waals surface area contributed by atoms with Crippen molar-refractivity contribution in [1.82, 2.24) is 4.90 Å². The molecule has 0 aromatic rings. The fraction of sp³-hybridized carbons (Fsp3) is 1.00. The molecule has 1 saturated heterocycles. The van der Waals surface area contributed by atoms with Crippen LogP contribution in [0, 0.1) is 5.92 Å². The van der Waals surface area contributed by atoms with E-state index in [2.05, 4.69) is 4.90 Å². The lowest BCUT2D eigenvalue weighted by atomic mass is 9.88. The van der Waals surface area contributed by atoms with Crippen molar-refractivity contribution in [2.24, 2.45) is 5.92 Å². The Morgan fingerprint density at radius 3 is 2.06 bits per heavy atom. The first-order valence-corrected chi connectivity index (χ1v) is 7.26.